The van der Waals surface area contributed by atoms with Crippen LogP contribution in [0.2, 0.25) is 5.02 Å². The summed E-state index contributed by atoms with van der Waals surface area (Å²) in [5.41, 5.74) is 3.53. The Labute approximate surface area is 165 Å². The smallest absolute Gasteiger partial charge is 0.154 e. The highest BCUT2D eigenvalue weighted by atomic mass is 35.5. The zero-order chi connectivity index (χ0) is 17.1. The van der Waals surface area contributed by atoms with Gasteiger partial charge in [-0.2, -0.15) is 13.5 Å². The van der Waals surface area contributed by atoms with Crippen molar-refractivity contribution >= 4 is 41.9 Å². The second-order valence-electron chi connectivity index (χ2n) is 6.38. The number of aromatic nitrogens is 3. The van der Waals surface area contributed by atoms with Gasteiger partial charge in [0.2, 0.25) is 0 Å². The molecule has 7 heteroatoms. The van der Waals surface area contributed by atoms with Crippen molar-refractivity contribution in [3.8, 4) is 11.3 Å². The third kappa shape index (κ3) is 4.26. The van der Waals surface area contributed by atoms with Gasteiger partial charge in [0, 0.05) is 29.5 Å². The number of piperidine rings is 1. The molecule has 1 aromatic carbocycles. The van der Waals surface area contributed by atoms with E-state index in [9.17, 15) is 0 Å². The standard InChI is InChI=1S/C19H20ClN5.H2S/c20-15-5-3-14(4-6-15)16-10-17-18(23-9-8-22-17)19(25-16)24-12-13-2-1-7-21-11-13;/h3-6,8-10,13,21H,1-2,7,11-12H2,(H,24,25);1H2/t13-;/m0./s1. The molecule has 0 radical (unpaired) electrons. The zero-order valence-corrected chi connectivity index (χ0v) is 16.1. The summed E-state index contributed by atoms with van der Waals surface area (Å²) >= 11 is 6.00. The van der Waals surface area contributed by atoms with Crippen LogP contribution in [0.5, 0.6) is 0 Å². The number of hydrogen-bond donors (Lipinski definition) is 2. The number of benzene rings is 1. The van der Waals surface area contributed by atoms with Gasteiger partial charge in [-0.05, 0) is 50.0 Å². The van der Waals surface area contributed by atoms with Crippen molar-refractivity contribution in [1.29, 1.82) is 0 Å². The number of pyridine rings is 1. The van der Waals surface area contributed by atoms with Crippen LogP contribution in [0, 0.1) is 5.92 Å². The lowest BCUT2D eigenvalue weighted by Crippen LogP contribution is -2.33. The first-order chi connectivity index (χ1) is 12.3. The summed E-state index contributed by atoms with van der Waals surface area (Å²) in [6, 6.07) is 9.67. The van der Waals surface area contributed by atoms with Crippen molar-refractivity contribution in [2.45, 2.75) is 12.8 Å². The predicted molar refractivity (Wildman–Crippen MR) is 112 cm³/mol. The minimum atomic E-state index is 0. The molecule has 2 N–H and O–H groups in total. The van der Waals surface area contributed by atoms with Crippen LogP contribution in [0.4, 0.5) is 5.82 Å². The summed E-state index contributed by atoms with van der Waals surface area (Å²) in [6.45, 7) is 3.05. The van der Waals surface area contributed by atoms with Crippen LogP contribution in [0.25, 0.3) is 22.3 Å². The number of nitrogens with one attached hydrogen (secondary N) is 2. The van der Waals surface area contributed by atoms with E-state index in [1.54, 1.807) is 12.4 Å². The SMILES string of the molecule is Clc1ccc(-c2cc3nccnc3c(NC[C@H]3CCCNC3)n2)cc1.S. The lowest BCUT2D eigenvalue weighted by atomic mass is 10.00. The highest BCUT2D eigenvalue weighted by Gasteiger charge is 2.15. The average Bonchev–Trinajstić information content (AvgIpc) is 2.67. The van der Waals surface area contributed by atoms with E-state index in [0.29, 0.717) is 10.9 Å². The Morgan fingerprint density at radius 1 is 1.15 bits per heavy atom. The molecule has 5 nitrogen and oxygen atoms in total. The van der Waals surface area contributed by atoms with Gasteiger partial charge in [-0.25, -0.2) is 9.97 Å². The van der Waals surface area contributed by atoms with Crippen molar-refractivity contribution in [3.05, 3.63) is 47.7 Å². The van der Waals surface area contributed by atoms with Crippen molar-refractivity contribution in [2.75, 3.05) is 25.0 Å². The Bertz CT molecular complexity index is 865. The summed E-state index contributed by atoms with van der Waals surface area (Å²) in [6.07, 6.45) is 5.88. The Hall–Kier alpha value is -1.89. The first-order valence-electron chi connectivity index (χ1n) is 8.62. The third-order valence-electron chi connectivity index (χ3n) is 4.55. The second-order valence-corrected chi connectivity index (χ2v) is 6.82. The Morgan fingerprint density at radius 3 is 2.73 bits per heavy atom. The number of hydrogen-bond acceptors (Lipinski definition) is 5. The minimum absolute atomic E-state index is 0. The largest absolute Gasteiger partial charge is 0.368 e. The predicted octanol–water partition coefficient (Wildman–Crippen LogP) is 3.87. The number of nitrogens with zero attached hydrogens (tertiary/aromatic N) is 3. The van der Waals surface area contributed by atoms with Crippen LogP contribution >= 0.6 is 25.1 Å². The van der Waals surface area contributed by atoms with Gasteiger partial charge in [0.1, 0.15) is 5.52 Å². The van der Waals surface area contributed by atoms with Crippen molar-refractivity contribution in [2.24, 2.45) is 5.92 Å². The van der Waals surface area contributed by atoms with Gasteiger partial charge >= 0.3 is 0 Å². The molecule has 0 saturated carbocycles. The van der Waals surface area contributed by atoms with Gasteiger partial charge in [0.15, 0.2) is 5.82 Å². The third-order valence-corrected chi connectivity index (χ3v) is 4.81. The average molecular weight is 388 g/mol. The van der Waals surface area contributed by atoms with Crippen LogP contribution in [-0.2, 0) is 0 Å². The lowest BCUT2D eigenvalue weighted by molar-refractivity contribution is 0.392. The summed E-state index contributed by atoms with van der Waals surface area (Å²) in [5, 5.41) is 7.66. The van der Waals surface area contributed by atoms with E-state index in [0.717, 1.165) is 47.7 Å². The maximum atomic E-state index is 6.00. The Morgan fingerprint density at radius 2 is 1.96 bits per heavy atom. The van der Waals surface area contributed by atoms with E-state index in [1.165, 1.54) is 12.8 Å². The normalized spacial score (nSPS) is 16.9. The summed E-state index contributed by atoms with van der Waals surface area (Å²) < 4.78 is 0. The van der Waals surface area contributed by atoms with Crippen molar-refractivity contribution in [3.63, 3.8) is 0 Å². The summed E-state index contributed by atoms with van der Waals surface area (Å²) in [7, 11) is 0. The van der Waals surface area contributed by atoms with Gasteiger partial charge in [0.05, 0.1) is 11.2 Å². The van der Waals surface area contributed by atoms with E-state index >= 15 is 0 Å². The molecular formula is C19H22ClN5S. The molecule has 26 heavy (non-hydrogen) atoms. The molecule has 1 aliphatic rings. The monoisotopic (exact) mass is 387 g/mol. The fourth-order valence-electron chi connectivity index (χ4n) is 3.20. The molecule has 0 aliphatic carbocycles. The maximum Gasteiger partial charge on any atom is 0.154 e. The first-order valence-corrected chi connectivity index (χ1v) is 9.00. The van der Waals surface area contributed by atoms with Gasteiger partial charge < -0.3 is 10.6 Å². The molecule has 1 aliphatic heterocycles. The van der Waals surface area contributed by atoms with E-state index in [-0.39, 0.29) is 13.5 Å². The Kier molecular flexibility index (Phi) is 6.29. The van der Waals surface area contributed by atoms with Gasteiger partial charge in [-0.15, -0.1) is 0 Å². The molecule has 0 spiro atoms. The summed E-state index contributed by atoms with van der Waals surface area (Å²) in [5.74, 6) is 1.41. The van der Waals surface area contributed by atoms with Crippen LogP contribution in [0.1, 0.15) is 12.8 Å². The molecule has 3 aromatic rings. The molecule has 1 atom stereocenters. The lowest BCUT2D eigenvalue weighted by Gasteiger charge is -2.23. The van der Waals surface area contributed by atoms with E-state index in [4.69, 9.17) is 16.6 Å². The molecule has 1 saturated heterocycles. The van der Waals surface area contributed by atoms with Crippen LogP contribution in [0.3, 0.4) is 0 Å². The second kappa shape index (κ2) is 8.66. The highest BCUT2D eigenvalue weighted by molar-refractivity contribution is 7.59. The fourth-order valence-corrected chi connectivity index (χ4v) is 3.33. The number of anilines is 1. The van der Waals surface area contributed by atoms with E-state index in [1.807, 2.05) is 30.3 Å². The van der Waals surface area contributed by atoms with E-state index < -0.39 is 0 Å². The first kappa shape index (κ1) is 18.9. The molecule has 0 bridgehead atoms. The van der Waals surface area contributed by atoms with Gasteiger partial charge in [-0.1, -0.05) is 23.7 Å². The topological polar surface area (TPSA) is 62.7 Å². The maximum absolute atomic E-state index is 6.00. The molecule has 2 aromatic heterocycles. The van der Waals surface area contributed by atoms with Gasteiger partial charge in [-0.3, -0.25) is 4.98 Å². The van der Waals surface area contributed by atoms with Gasteiger partial charge in [0.25, 0.3) is 0 Å². The highest BCUT2D eigenvalue weighted by Crippen LogP contribution is 2.26. The van der Waals surface area contributed by atoms with Crippen LogP contribution in [-0.4, -0.2) is 34.6 Å². The zero-order valence-electron chi connectivity index (χ0n) is 14.4. The molecule has 0 amide bonds. The Balaban J connectivity index is 0.00000196. The molecular weight excluding hydrogens is 366 g/mol. The number of fused-ring (bicyclic) bond motifs is 1. The molecule has 4 rings (SSSR count). The molecule has 136 valence electrons. The number of rotatable bonds is 4. The molecule has 0 unspecified atom stereocenters. The van der Waals surface area contributed by atoms with Crippen molar-refractivity contribution < 1.29 is 0 Å². The molecule has 1 fully saturated rings. The van der Waals surface area contributed by atoms with Crippen LogP contribution < -0.4 is 10.6 Å². The minimum Gasteiger partial charge on any atom is -0.368 e. The fraction of sp³-hybridized carbons (Fsp3) is 0.316. The van der Waals surface area contributed by atoms with E-state index in [2.05, 4.69) is 20.6 Å². The van der Waals surface area contributed by atoms with Crippen molar-refractivity contribution in [1.82, 2.24) is 20.3 Å². The number of halogens is 1. The molecule has 3 heterocycles. The van der Waals surface area contributed by atoms with Crippen LogP contribution in [0.15, 0.2) is 42.7 Å². The quantitative estimate of drug-likeness (QED) is 0.711. The summed E-state index contributed by atoms with van der Waals surface area (Å²) in [4.78, 5) is 13.7.